The normalized spacial score (nSPS) is 10.3. The van der Waals surface area contributed by atoms with Gasteiger partial charge in [-0.2, -0.15) is 0 Å². The number of hydrogen-bond donors (Lipinski definition) is 2. The summed E-state index contributed by atoms with van der Waals surface area (Å²) in [7, 11) is 1.59. The molecule has 0 spiro atoms. The van der Waals surface area contributed by atoms with E-state index in [1.165, 1.54) is 18.2 Å². The van der Waals surface area contributed by atoms with E-state index in [1.54, 1.807) is 7.11 Å². The molecule has 0 saturated heterocycles. The van der Waals surface area contributed by atoms with Gasteiger partial charge in [-0.3, -0.25) is 5.41 Å². The third-order valence-corrected chi connectivity index (χ3v) is 2.15. The van der Waals surface area contributed by atoms with Gasteiger partial charge in [0.15, 0.2) is 0 Å². The molecule has 6 heteroatoms. The summed E-state index contributed by atoms with van der Waals surface area (Å²) in [4.78, 5) is 0. The molecule has 3 N–H and O–H groups in total. The van der Waals surface area contributed by atoms with Crippen molar-refractivity contribution in [1.82, 2.24) is 0 Å². The number of amidine groups is 1. The van der Waals surface area contributed by atoms with Crippen LogP contribution in [-0.2, 0) is 9.47 Å². The van der Waals surface area contributed by atoms with E-state index in [4.69, 9.17) is 25.4 Å². The fourth-order valence-electron chi connectivity index (χ4n) is 1.29. The summed E-state index contributed by atoms with van der Waals surface area (Å²) in [5, 5.41) is 7.33. The second-order valence-electron chi connectivity index (χ2n) is 3.51. The van der Waals surface area contributed by atoms with E-state index in [2.05, 4.69) is 0 Å². The van der Waals surface area contributed by atoms with Crippen molar-refractivity contribution in [3.05, 3.63) is 29.6 Å². The van der Waals surface area contributed by atoms with Crippen LogP contribution in [0.2, 0.25) is 0 Å². The fraction of sp³-hybridized carbons (Fsp3) is 0.417. The lowest BCUT2D eigenvalue weighted by atomic mass is 10.2. The van der Waals surface area contributed by atoms with Gasteiger partial charge in [-0.1, -0.05) is 0 Å². The maximum Gasteiger partial charge on any atom is 0.130 e. The highest BCUT2D eigenvalue weighted by molar-refractivity contribution is 5.97. The molecule has 5 nitrogen and oxygen atoms in total. The van der Waals surface area contributed by atoms with E-state index >= 15 is 0 Å². The van der Waals surface area contributed by atoms with Crippen LogP contribution in [0.5, 0.6) is 5.75 Å². The van der Waals surface area contributed by atoms with E-state index < -0.39 is 5.82 Å². The highest BCUT2D eigenvalue weighted by Crippen LogP contribution is 2.18. The van der Waals surface area contributed by atoms with Crippen molar-refractivity contribution in [2.75, 3.05) is 33.5 Å². The molecule has 18 heavy (non-hydrogen) atoms. The van der Waals surface area contributed by atoms with Gasteiger partial charge in [-0.25, -0.2) is 4.39 Å². The Labute approximate surface area is 105 Å². The SMILES string of the molecule is COCCOCCOc1ccc(F)cc1C(=N)N. The largest absolute Gasteiger partial charge is 0.490 e. The van der Waals surface area contributed by atoms with Crippen molar-refractivity contribution in [3.63, 3.8) is 0 Å². The molecule has 0 fully saturated rings. The van der Waals surface area contributed by atoms with Gasteiger partial charge < -0.3 is 19.9 Å². The third-order valence-electron chi connectivity index (χ3n) is 2.15. The molecule has 1 aromatic carbocycles. The van der Waals surface area contributed by atoms with E-state index in [9.17, 15) is 4.39 Å². The average molecular weight is 256 g/mol. The number of nitrogens with two attached hydrogens (primary N) is 1. The third kappa shape index (κ3) is 4.68. The van der Waals surface area contributed by atoms with Crippen LogP contribution in [0.4, 0.5) is 4.39 Å². The molecule has 0 aliphatic rings. The number of methoxy groups -OCH3 is 1. The summed E-state index contributed by atoms with van der Waals surface area (Å²) in [6, 6.07) is 3.87. The Morgan fingerprint density at radius 3 is 2.67 bits per heavy atom. The van der Waals surface area contributed by atoms with Crippen LogP contribution >= 0.6 is 0 Å². The summed E-state index contributed by atoms with van der Waals surface area (Å²) < 4.78 is 28.4. The van der Waals surface area contributed by atoms with Gasteiger partial charge in [-0.15, -0.1) is 0 Å². The molecule has 0 aromatic heterocycles. The van der Waals surface area contributed by atoms with E-state index in [-0.39, 0.29) is 11.4 Å². The summed E-state index contributed by atoms with van der Waals surface area (Å²) in [5.74, 6) is -0.312. The Kier molecular flexibility index (Phi) is 6.10. The average Bonchev–Trinajstić information content (AvgIpc) is 2.35. The monoisotopic (exact) mass is 256 g/mol. The van der Waals surface area contributed by atoms with Gasteiger partial charge in [-0.05, 0) is 18.2 Å². The Hall–Kier alpha value is -1.66. The number of ether oxygens (including phenoxy) is 3. The first kappa shape index (κ1) is 14.4. The number of nitrogens with one attached hydrogen (secondary N) is 1. The molecular weight excluding hydrogens is 239 g/mol. The molecule has 1 rings (SSSR count). The predicted molar refractivity (Wildman–Crippen MR) is 65.6 cm³/mol. The lowest BCUT2D eigenvalue weighted by Gasteiger charge is -2.10. The summed E-state index contributed by atoms with van der Waals surface area (Å²) in [6.45, 7) is 1.70. The minimum absolute atomic E-state index is 0.232. The van der Waals surface area contributed by atoms with Crippen LogP contribution in [0.3, 0.4) is 0 Å². The fourth-order valence-corrected chi connectivity index (χ4v) is 1.29. The minimum Gasteiger partial charge on any atom is -0.490 e. The lowest BCUT2D eigenvalue weighted by molar-refractivity contribution is 0.0544. The van der Waals surface area contributed by atoms with E-state index in [0.29, 0.717) is 32.2 Å². The molecule has 0 unspecified atom stereocenters. The van der Waals surface area contributed by atoms with Crippen molar-refractivity contribution in [2.45, 2.75) is 0 Å². The van der Waals surface area contributed by atoms with Gasteiger partial charge >= 0.3 is 0 Å². The highest BCUT2D eigenvalue weighted by atomic mass is 19.1. The number of hydrogen-bond acceptors (Lipinski definition) is 4. The second-order valence-corrected chi connectivity index (χ2v) is 3.51. The van der Waals surface area contributed by atoms with Gasteiger partial charge in [0.2, 0.25) is 0 Å². The summed E-state index contributed by atoms with van der Waals surface area (Å²) in [6.07, 6.45) is 0. The molecule has 0 heterocycles. The van der Waals surface area contributed by atoms with Crippen LogP contribution in [0.1, 0.15) is 5.56 Å². The lowest BCUT2D eigenvalue weighted by Crippen LogP contribution is -2.15. The minimum atomic E-state index is -0.455. The molecule has 0 radical (unpaired) electrons. The molecule has 0 aliphatic carbocycles. The number of nitrogen functional groups attached to an aromatic ring is 1. The summed E-state index contributed by atoms with van der Waals surface area (Å²) in [5.41, 5.74) is 5.58. The van der Waals surface area contributed by atoms with E-state index in [0.717, 1.165) is 0 Å². The predicted octanol–water partition coefficient (Wildman–Crippen LogP) is 1.15. The second kappa shape index (κ2) is 7.62. The van der Waals surface area contributed by atoms with Crippen molar-refractivity contribution in [2.24, 2.45) is 5.73 Å². The topological polar surface area (TPSA) is 77.6 Å². The first-order valence-corrected chi connectivity index (χ1v) is 5.48. The molecular formula is C12H17FN2O3. The maximum absolute atomic E-state index is 13.0. The molecule has 1 aromatic rings. The van der Waals surface area contributed by atoms with Crippen molar-refractivity contribution in [1.29, 1.82) is 5.41 Å². The zero-order chi connectivity index (χ0) is 13.4. The van der Waals surface area contributed by atoms with Crippen molar-refractivity contribution >= 4 is 5.84 Å². The van der Waals surface area contributed by atoms with Crippen molar-refractivity contribution in [3.8, 4) is 5.75 Å². The van der Waals surface area contributed by atoms with Crippen LogP contribution in [-0.4, -0.2) is 39.4 Å². The molecule has 100 valence electrons. The molecule has 0 amide bonds. The first-order chi connectivity index (χ1) is 8.65. The van der Waals surface area contributed by atoms with Crippen LogP contribution < -0.4 is 10.5 Å². The van der Waals surface area contributed by atoms with Gasteiger partial charge in [0.1, 0.15) is 24.0 Å². The number of benzene rings is 1. The zero-order valence-corrected chi connectivity index (χ0v) is 10.2. The molecule has 0 aliphatic heterocycles. The van der Waals surface area contributed by atoms with E-state index in [1.807, 2.05) is 0 Å². The quantitative estimate of drug-likeness (QED) is 0.415. The molecule has 0 atom stereocenters. The number of halogens is 1. The zero-order valence-electron chi connectivity index (χ0n) is 10.2. The highest BCUT2D eigenvalue weighted by Gasteiger charge is 2.08. The Bertz CT molecular complexity index is 399. The number of rotatable bonds is 8. The van der Waals surface area contributed by atoms with Gasteiger partial charge in [0, 0.05) is 7.11 Å². The summed E-state index contributed by atoms with van der Waals surface area (Å²) >= 11 is 0. The van der Waals surface area contributed by atoms with Crippen molar-refractivity contribution < 1.29 is 18.6 Å². The van der Waals surface area contributed by atoms with Crippen LogP contribution in [0.15, 0.2) is 18.2 Å². The molecule has 0 saturated carbocycles. The first-order valence-electron chi connectivity index (χ1n) is 5.48. The molecule has 0 bridgehead atoms. The van der Waals surface area contributed by atoms with Gasteiger partial charge in [0.05, 0.1) is 25.4 Å². The van der Waals surface area contributed by atoms with Crippen LogP contribution in [0.25, 0.3) is 0 Å². The Morgan fingerprint density at radius 1 is 1.28 bits per heavy atom. The maximum atomic E-state index is 13.0. The standard InChI is InChI=1S/C12H17FN2O3/c1-16-4-5-17-6-7-18-11-3-2-9(13)8-10(11)12(14)15/h2-3,8H,4-7H2,1H3,(H3,14,15). The Balaban J connectivity index is 2.44. The van der Waals surface area contributed by atoms with Crippen LogP contribution in [0, 0.1) is 11.2 Å². The smallest absolute Gasteiger partial charge is 0.130 e. The Morgan fingerprint density at radius 2 is 2.00 bits per heavy atom. The van der Waals surface area contributed by atoms with Gasteiger partial charge in [0.25, 0.3) is 0 Å².